The quantitative estimate of drug-likeness (QED) is 0.431. The molecule has 4 aliphatic rings. The van der Waals surface area contributed by atoms with Gasteiger partial charge < -0.3 is 9.80 Å². The van der Waals surface area contributed by atoms with Crippen molar-refractivity contribution in [2.24, 2.45) is 0 Å². The van der Waals surface area contributed by atoms with Crippen molar-refractivity contribution in [2.75, 3.05) is 51.2 Å². The third kappa shape index (κ3) is 3.67. The SMILES string of the molecule is CN1CCN(c2cc(C(F)(F)F)c3nc4ccc(=[N+]5CCCC5)cc-4sc3c2)CC1. The van der Waals surface area contributed by atoms with Crippen LogP contribution in [-0.2, 0) is 6.18 Å². The smallest absolute Gasteiger partial charge is 0.369 e. The molecule has 0 bridgehead atoms. The van der Waals surface area contributed by atoms with E-state index < -0.39 is 11.7 Å². The minimum absolute atomic E-state index is 0.0480. The van der Waals surface area contributed by atoms with Gasteiger partial charge in [0.15, 0.2) is 0 Å². The summed E-state index contributed by atoms with van der Waals surface area (Å²) in [6.45, 7) is 5.20. The van der Waals surface area contributed by atoms with Crippen molar-refractivity contribution in [1.82, 2.24) is 14.5 Å². The van der Waals surface area contributed by atoms with E-state index in [2.05, 4.69) is 20.5 Å². The van der Waals surface area contributed by atoms with E-state index in [9.17, 15) is 13.2 Å². The number of halogens is 3. The number of aromatic nitrogens is 1. The van der Waals surface area contributed by atoms with Crippen LogP contribution in [0.3, 0.4) is 0 Å². The van der Waals surface area contributed by atoms with Gasteiger partial charge in [-0.3, -0.25) is 0 Å². The largest absolute Gasteiger partial charge is 0.418 e. The Labute approximate surface area is 177 Å². The molecule has 3 aliphatic heterocycles. The van der Waals surface area contributed by atoms with Crippen LogP contribution in [0.4, 0.5) is 18.9 Å². The van der Waals surface area contributed by atoms with Gasteiger partial charge in [-0.1, -0.05) is 0 Å². The molecule has 1 aromatic carbocycles. The predicted molar refractivity (Wildman–Crippen MR) is 115 cm³/mol. The molecule has 5 rings (SSSR count). The number of likely N-dealkylation sites (N-methyl/N-ethyl adjacent to an activating group) is 1. The van der Waals surface area contributed by atoms with Crippen LogP contribution in [0.15, 0.2) is 30.3 Å². The van der Waals surface area contributed by atoms with Crippen molar-refractivity contribution in [3.63, 3.8) is 0 Å². The fourth-order valence-electron chi connectivity index (χ4n) is 4.34. The summed E-state index contributed by atoms with van der Waals surface area (Å²) in [7, 11) is 2.04. The summed E-state index contributed by atoms with van der Waals surface area (Å²) in [6, 6.07) is 9.07. The topological polar surface area (TPSA) is 22.4 Å². The highest BCUT2D eigenvalue weighted by atomic mass is 32.1. The van der Waals surface area contributed by atoms with Gasteiger partial charge in [0.25, 0.3) is 0 Å². The highest BCUT2D eigenvalue weighted by Gasteiger charge is 2.35. The first-order valence-electron chi connectivity index (χ1n) is 10.4. The highest BCUT2D eigenvalue weighted by Crippen LogP contribution is 2.41. The lowest BCUT2D eigenvalue weighted by Crippen LogP contribution is -2.44. The summed E-state index contributed by atoms with van der Waals surface area (Å²) in [4.78, 5) is 9.62. The Hall–Kier alpha value is -2.19. The number of hydrogen-bond acceptors (Lipinski definition) is 4. The molecule has 0 spiro atoms. The van der Waals surface area contributed by atoms with E-state index in [0.717, 1.165) is 49.5 Å². The molecule has 0 aromatic heterocycles. The van der Waals surface area contributed by atoms with Gasteiger partial charge in [-0.2, -0.15) is 13.2 Å². The Balaban J connectivity index is 1.69. The molecule has 3 heterocycles. The second-order valence-electron chi connectivity index (χ2n) is 8.19. The Bertz CT molecular complexity index is 1120. The van der Waals surface area contributed by atoms with Gasteiger partial charge in [-0.05, 0) is 25.2 Å². The first kappa shape index (κ1) is 19.8. The molecule has 2 saturated heterocycles. The molecular formula is C22H24F3N4S+. The minimum Gasteiger partial charge on any atom is -0.369 e. The van der Waals surface area contributed by atoms with Crippen molar-refractivity contribution < 1.29 is 13.2 Å². The standard InChI is InChI=1S/C22H24F3N4S/c1-27-8-10-29(11-9-27)16-12-17(22(23,24)25)21-20(14-16)30-19-13-15(4-5-18(19)26-21)28-6-2-3-7-28/h4-5,12-14H,2-3,6-11H2,1H3/q+1. The Kier molecular flexibility index (Phi) is 4.94. The van der Waals surface area contributed by atoms with Crippen LogP contribution in [0.25, 0.3) is 20.8 Å². The number of alkyl halides is 3. The molecule has 0 saturated carbocycles. The summed E-state index contributed by atoms with van der Waals surface area (Å²) in [5.74, 6) is 0. The molecular weight excluding hydrogens is 409 g/mol. The third-order valence-corrected chi connectivity index (χ3v) is 7.18. The zero-order valence-corrected chi connectivity index (χ0v) is 17.7. The number of piperazine rings is 1. The Morgan fingerprint density at radius 3 is 2.43 bits per heavy atom. The first-order valence-corrected chi connectivity index (χ1v) is 11.2. The monoisotopic (exact) mass is 433 g/mol. The number of rotatable bonds is 1. The second-order valence-corrected chi connectivity index (χ2v) is 9.27. The van der Waals surface area contributed by atoms with Gasteiger partial charge in [0.1, 0.15) is 13.1 Å². The normalized spacial score (nSPS) is 18.7. The molecule has 0 atom stereocenters. The van der Waals surface area contributed by atoms with Crippen LogP contribution < -0.4 is 14.8 Å². The van der Waals surface area contributed by atoms with Gasteiger partial charge in [0.05, 0.1) is 26.4 Å². The molecule has 0 amide bonds. The van der Waals surface area contributed by atoms with Gasteiger partial charge in [-0.15, -0.1) is 11.3 Å². The first-order chi connectivity index (χ1) is 14.4. The molecule has 0 radical (unpaired) electrons. The fourth-order valence-corrected chi connectivity index (χ4v) is 5.40. The molecule has 0 unspecified atom stereocenters. The number of anilines is 1. The van der Waals surface area contributed by atoms with Crippen LogP contribution >= 0.6 is 11.3 Å². The Morgan fingerprint density at radius 2 is 1.73 bits per heavy atom. The van der Waals surface area contributed by atoms with Gasteiger partial charge in [-0.25, -0.2) is 9.56 Å². The van der Waals surface area contributed by atoms with Crippen LogP contribution in [0.5, 0.6) is 0 Å². The number of fused-ring (bicyclic) bond motifs is 2. The summed E-state index contributed by atoms with van der Waals surface area (Å²) >= 11 is 1.41. The number of nitrogens with zero attached hydrogens (tertiary/aromatic N) is 4. The van der Waals surface area contributed by atoms with E-state index in [-0.39, 0.29) is 5.52 Å². The zero-order valence-electron chi connectivity index (χ0n) is 16.9. The van der Waals surface area contributed by atoms with Crippen molar-refractivity contribution in [3.05, 3.63) is 41.3 Å². The van der Waals surface area contributed by atoms with Gasteiger partial charge in [0.2, 0.25) is 5.36 Å². The van der Waals surface area contributed by atoms with Crippen molar-refractivity contribution in [3.8, 4) is 10.6 Å². The predicted octanol–water partition coefficient (Wildman–Crippen LogP) is 3.74. The third-order valence-electron chi connectivity index (χ3n) is 6.10. The number of benzene rings is 2. The van der Waals surface area contributed by atoms with Crippen LogP contribution in [-0.4, -0.2) is 56.2 Å². The lowest BCUT2D eigenvalue weighted by atomic mass is 10.1. The highest BCUT2D eigenvalue weighted by molar-refractivity contribution is 7.21. The van der Waals surface area contributed by atoms with Crippen LogP contribution in [0.1, 0.15) is 18.4 Å². The van der Waals surface area contributed by atoms with E-state index in [1.807, 2.05) is 30.1 Å². The molecule has 30 heavy (non-hydrogen) atoms. The average Bonchev–Trinajstić information content (AvgIpc) is 3.26. The number of hydrogen-bond donors (Lipinski definition) is 0. The molecule has 1 aliphatic carbocycles. The van der Waals surface area contributed by atoms with Gasteiger partial charge in [0, 0.05) is 56.8 Å². The van der Waals surface area contributed by atoms with E-state index in [4.69, 9.17) is 0 Å². The zero-order chi connectivity index (χ0) is 20.9. The summed E-state index contributed by atoms with van der Waals surface area (Å²) in [5, 5.41) is 1.13. The van der Waals surface area contributed by atoms with E-state index >= 15 is 0 Å². The summed E-state index contributed by atoms with van der Waals surface area (Å²) < 4.78 is 44.7. The van der Waals surface area contributed by atoms with Crippen molar-refractivity contribution in [2.45, 2.75) is 19.0 Å². The lowest BCUT2D eigenvalue weighted by molar-refractivity contribution is -0.136. The minimum atomic E-state index is -4.44. The molecule has 0 N–H and O–H groups in total. The maximum atomic E-state index is 13.9. The van der Waals surface area contributed by atoms with Crippen molar-refractivity contribution in [1.29, 1.82) is 0 Å². The van der Waals surface area contributed by atoms with Crippen LogP contribution in [0, 0.1) is 0 Å². The summed E-state index contributed by atoms with van der Waals surface area (Å²) in [5.41, 5.74) is 0.659. The maximum absolute atomic E-state index is 13.9. The van der Waals surface area contributed by atoms with Crippen LogP contribution in [0.2, 0.25) is 0 Å². The van der Waals surface area contributed by atoms with E-state index in [1.165, 1.54) is 30.2 Å². The van der Waals surface area contributed by atoms with E-state index in [1.54, 1.807) is 0 Å². The fraction of sp³-hybridized carbons (Fsp3) is 0.455. The second kappa shape index (κ2) is 7.50. The van der Waals surface area contributed by atoms with Gasteiger partial charge >= 0.3 is 6.18 Å². The molecule has 4 nitrogen and oxygen atoms in total. The Morgan fingerprint density at radius 1 is 1.00 bits per heavy atom. The lowest BCUT2D eigenvalue weighted by Gasteiger charge is -2.34. The average molecular weight is 434 g/mol. The molecule has 2 fully saturated rings. The maximum Gasteiger partial charge on any atom is 0.418 e. The summed E-state index contributed by atoms with van der Waals surface area (Å²) in [6.07, 6.45) is -2.08. The molecule has 1 aromatic rings. The molecule has 8 heteroatoms. The van der Waals surface area contributed by atoms with E-state index in [0.29, 0.717) is 16.1 Å². The molecule has 158 valence electrons. The van der Waals surface area contributed by atoms with Crippen molar-refractivity contribution >= 4 is 27.2 Å².